The molecule has 0 atom stereocenters. The lowest BCUT2D eigenvalue weighted by Crippen LogP contribution is -3.00. The van der Waals surface area contributed by atoms with Gasteiger partial charge in [0.05, 0.1) is 26.2 Å². The monoisotopic (exact) mass is 373 g/mol. The predicted molar refractivity (Wildman–Crippen MR) is 116 cm³/mol. The maximum absolute atomic E-state index is 2.34. The summed E-state index contributed by atoms with van der Waals surface area (Å²) in [4.78, 5) is 0. The Bertz CT molecular complexity index is 201. The summed E-state index contributed by atoms with van der Waals surface area (Å²) in [6, 6.07) is 0. The highest BCUT2D eigenvalue weighted by molar-refractivity contribution is 4.53. The van der Waals surface area contributed by atoms with E-state index in [2.05, 4.69) is 27.7 Å². The first-order valence-corrected chi connectivity index (χ1v) is 12.1. The minimum Gasteiger partial charge on any atom is -1.00 e. The molecule has 0 aromatic carbocycles. The molecule has 0 aliphatic carbocycles. The molecule has 0 saturated heterocycles. The standard InChI is InChI=1S/C24H52N.FH/c1-5-9-13-17-21-25(22-18-14-10-6-2,23-19-15-11-7-3)24-20-16-12-8-4;/h5-24H2,1-4H3;1H/q+1;/p-1. The number of hydrogen-bond acceptors (Lipinski definition) is 0. The van der Waals surface area contributed by atoms with Crippen LogP contribution in [-0.2, 0) is 0 Å². The van der Waals surface area contributed by atoms with E-state index in [0.29, 0.717) is 0 Å². The lowest BCUT2D eigenvalue weighted by molar-refractivity contribution is -0.929. The van der Waals surface area contributed by atoms with Crippen molar-refractivity contribution in [2.24, 2.45) is 0 Å². The molecule has 0 radical (unpaired) electrons. The fourth-order valence-corrected chi connectivity index (χ4v) is 4.17. The first kappa shape index (κ1) is 28.1. The Balaban J connectivity index is 0. The molecule has 160 valence electrons. The average Bonchev–Trinajstić information content (AvgIpc) is 2.63. The molecule has 0 amide bonds. The second-order valence-corrected chi connectivity index (χ2v) is 8.48. The molecule has 0 spiro atoms. The second-order valence-electron chi connectivity index (χ2n) is 8.48. The van der Waals surface area contributed by atoms with E-state index in [1.54, 1.807) is 0 Å². The van der Waals surface area contributed by atoms with Crippen molar-refractivity contribution in [1.29, 1.82) is 0 Å². The van der Waals surface area contributed by atoms with E-state index < -0.39 is 0 Å². The molecule has 0 saturated carbocycles. The Hall–Kier alpha value is -0.110. The van der Waals surface area contributed by atoms with Crippen molar-refractivity contribution < 1.29 is 9.19 Å². The van der Waals surface area contributed by atoms with Crippen LogP contribution in [0.4, 0.5) is 0 Å². The summed E-state index contributed by atoms with van der Waals surface area (Å²) >= 11 is 0. The van der Waals surface area contributed by atoms with Crippen molar-refractivity contribution in [2.45, 2.75) is 130 Å². The molecular weight excluding hydrogens is 321 g/mol. The van der Waals surface area contributed by atoms with E-state index in [-0.39, 0.29) is 4.70 Å². The summed E-state index contributed by atoms with van der Waals surface area (Å²) in [6.07, 6.45) is 22.8. The van der Waals surface area contributed by atoms with Gasteiger partial charge in [-0.05, 0) is 51.4 Å². The van der Waals surface area contributed by atoms with Crippen LogP contribution in [0.1, 0.15) is 130 Å². The highest BCUT2D eigenvalue weighted by atomic mass is 19.0. The molecular formula is C24H52FN. The maximum atomic E-state index is 2.34. The fraction of sp³-hybridized carbons (Fsp3) is 1.00. The van der Waals surface area contributed by atoms with Crippen LogP contribution in [0.2, 0.25) is 0 Å². The number of quaternary nitrogens is 1. The van der Waals surface area contributed by atoms with Gasteiger partial charge in [-0.15, -0.1) is 0 Å². The lowest BCUT2D eigenvalue weighted by atomic mass is 10.1. The van der Waals surface area contributed by atoms with Gasteiger partial charge < -0.3 is 9.19 Å². The van der Waals surface area contributed by atoms with E-state index in [4.69, 9.17) is 0 Å². The number of unbranched alkanes of at least 4 members (excludes halogenated alkanes) is 12. The summed E-state index contributed by atoms with van der Waals surface area (Å²) in [5.74, 6) is 0. The zero-order chi connectivity index (χ0) is 18.6. The summed E-state index contributed by atoms with van der Waals surface area (Å²) in [7, 11) is 0. The van der Waals surface area contributed by atoms with Crippen molar-refractivity contribution in [1.82, 2.24) is 0 Å². The van der Waals surface area contributed by atoms with E-state index in [9.17, 15) is 0 Å². The van der Waals surface area contributed by atoms with Crippen molar-refractivity contribution in [3.8, 4) is 0 Å². The van der Waals surface area contributed by atoms with Crippen LogP contribution < -0.4 is 4.70 Å². The predicted octanol–water partition coefficient (Wildman–Crippen LogP) is 5.13. The van der Waals surface area contributed by atoms with Crippen LogP contribution in [0, 0.1) is 0 Å². The van der Waals surface area contributed by atoms with Gasteiger partial charge in [0.15, 0.2) is 0 Å². The van der Waals surface area contributed by atoms with Crippen LogP contribution in [-0.4, -0.2) is 30.7 Å². The molecule has 0 fully saturated rings. The Morgan fingerprint density at radius 3 is 0.769 bits per heavy atom. The van der Waals surface area contributed by atoms with E-state index in [0.717, 1.165) is 0 Å². The second kappa shape index (κ2) is 21.2. The maximum Gasteiger partial charge on any atom is 0.0786 e. The molecule has 0 aliphatic rings. The first-order chi connectivity index (χ1) is 12.2. The van der Waals surface area contributed by atoms with Gasteiger partial charge >= 0.3 is 0 Å². The van der Waals surface area contributed by atoms with Gasteiger partial charge in [0, 0.05) is 0 Å². The minimum atomic E-state index is 0. The third-order valence-corrected chi connectivity index (χ3v) is 5.94. The average molecular weight is 374 g/mol. The van der Waals surface area contributed by atoms with Crippen LogP contribution in [0.15, 0.2) is 0 Å². The Kier molecular flexibility index (Phi) is 22.9. The first-order valence-electron chi connectivity index (χ1n) is 12.1. The molecule has 0 rings (SSSR count). The highest BCUT2D eigenvalue weighted by Crippen LogP contribution is 2.19. The van der Waals surface area contributed by atoms with Gasteiger partial charge in [-0.25, -0.2) is 0 Å². The molecule has 1 nitrogen and oxygen atoms in total. The number of hydrogen-bond donors (Lipinski definition) is 0. The van der Waals surface area contributed by atoms with Crippen LogP contribution in [0.3, 0.4) is 0 Å². The summed E-state index contributed by atoms with van der Waals surface area (Å²) < 4.78 is 1.46. The molecule has 0 bridgehead atoms. The van der Waals surface area contributed by atoms with E-state index in [1.807, 2.05) is 0 Å². The summed E-state index contributed by atoms with van der Waals surface area (Å²) in [5.41, 5.74) is 0. The molecule has 2 heteroatoms. The minimum absolute atomic E-state index is 0. The smallest absolute Gasteiger partial charge is 0.0786 e. The molecule has 0 aromatic rings. The van der Waals surface area contributed by atoms with Gasteiger partial charge in [-0.3, -0.25) is 0 Å². The van der Waals surface area contributed by atoms with Gasteiger partial charge in [-0.2, -0.15) is 0 Å². The molecule has 0 N–H and O–H groups in total. The molecule has 0 aromatic heterocycles. The van der Waals surface area contributed by atoms with E-state index in [1.165, 1.54) is 133 Å². The summed E-state index contributed by atoms with van der Waals surface area (Å²) in [5, 5.41) is 0. The third-order valence-electron chi connectivity index (χ3n) is 5.94. The van der Waals surface area contributed by atoms with Crippen molar-refractivity contribution >= 4 is 0 Å². The van der Waals surface area contributed by atoms with Crippen molar-refractivity contribution in [2.75, 3.05) is 26.2 Å². The van der Waals surface area contributed by atoms with Crippen LogP contribution >= 0.6 is 0 Å². The summed E-state index contributed by atoms with van der Waals surface area (Å²) in [6.45, 7) is 15.2. The third kappa shape index (κ3) is 16.1. The number of halogens is 1. The van der Waals surface area contributed by atoms with Crippen LogP contribution in [0.25, 0.3) is 0 Å². The number of rotatable bonds is 20. The molecule has 0 aliphatic heterocycles. The fourth-order valence-electron chi connectivity index (χ4n) is 4.17. The number of nitrogens with zero attached hydrogens (tertiary/aromatic N) is 1. The topological polar surface area (TPSA) is 0 Å². The zero-order valence-corrected chi connectivity index (χ0v) is 19.0. The Morgan fingerprint density at radius 2 is 0.577 bits per heavy atom. The zero-order valence-electron chi connectivity index (χ0n) is 19.0. The van der Waals surface area contributed by atoms with Gasteiger partial charge in [0.25, 0.3) is 0 Å². The molecule has 0 heterocycles. The van der Waals surface area contributed by atoms with Crippen molar-refractivity contribution in [3.63, 3.8) is 0 Å². The lowest BCUT2D eigenvalue weighted by Gasteiger charge is -2.39. The molecule has 0 unspecified atom stereocenters. The van der Waals surface area contributed by atoms with Gasteiger partial charge in [-0.1, -0.05) is 79.1 Å². The van der Waals surface area contributed by atoms with Gasteiger partial charge in [0.1, 0.15) is 0 Å². The van der Waals surface area contributed by atoms with Gasteiger partial charge in [0.2, 0.25) is 0 Å². The van der Waals surface area contributed by atoms with Crippen molar-refractivity contribution in [3.05, 3.63) is 0 Å². The molecule has 26 heavy (non-hydrogen) atoms. The quantitative estimate of drug-likeness (QED) is 0.205. The van der Waals surface area contributed by atoms with Crippen LogP contribution in [0.5, 0.6) is 0 Å². The SMILES string of the molecule is CCCCCC[N+](CCCCCC)(CCCCCC)CCCCCC.[F-]. The Labute approximate surface area is 166 Å². The van der Waals surface area contributed by atoms with E-state index >= 15 is 0 Å². The Morgan fingerprint density at radius 1 is 0.346 bits per heavy atom. The normalized spacial score (nSPS) is 11.5. The highest BCUT2D eigenvalue weighted by Gasteiger charge is 2.25. The largest absolute Gasteiger partial charge is 1.00 e.